The zero-order valence-electron chi connectivity index (χ0n) is 10.9. The average molecular weight is 319 g/mol. The van der Waals surface area contributed by atoms with Crippen molar-refractivity contribution in [2.75, 3.05) is 0 Å². The Balaban J connectivity index is 2.24. The van der Waals surface area contributed by atoms with E-state index in [-0.39, 0.29) is 5.69 Å². The SMILES string of the molecule is Cc1nc(=O)n(C/C=C/c2ccccc2)c(C)c1Br. The molecular formula is C15H15BrN2O. The lowest BCUT2D eigenvalue weighted by molar-refractivity contribution is 0.703. The van der Waals surface area contributed by atoms with Crippen molar-refractivity contribution in [1.82, 2.24) is 9.55 Å². The van der Waals surface area contributed by atoms with Gasteiger partial charge in [-0.2, -0.15) is 4.98 Å². The van der Waals surface area contributed by atoms with E-state index < -0.39 is 0 Å². The molecule has 0 aliphatic rings. The van der Waals surface area contributed by atoms with Crippen LogP contribution in [0.4, 0.5) is 0 Å². The van der Waals surface area contributed by atoms with Gasteiger partial charge >= 0.3 is 5.69 Å². The van der Waals surface area contributed by atoms with Crippen molar-refractivity contribution < 1.29 is 0 Å². The maximum atomic E-state index is 11.9. The van der Waals surface area contributed by atoms with Crippen LogP contribution in [0.3, 0.4) is 0 Å². The number of nitrogens with zero attached hydrogens (tertiary/aromatic N) is 2. The second-order valence-corrected chi connectivity index (χ2v) is 5.10. The van der Waals surface area contributed by atoms with Crippen molar-refractivity contribution in [3.8, 4) is 0 Å². The fraction of sp³-hybridized carbons (Fsp3) is 0.200. The van der Waals surface area contributed by atoms with Crippen molar-refractivity contribution in [2.24, 2.45) is 0 Å². The van der Waals surface area contributed by atoms with E-state index in [0.717, 1.165) is 21.4 Å². The molecule has 0 aliphatic carbocycles. The highest BCUT2D eigenvalue weighted by Gasteiger charge is 2.07. The molecule has 1 aromatic carbocycles. The zero-order valence-corrected chi connectivity index (χ0v) is 12.5. The first kappa shape index (κ1) is 13.7. The van der Waals surface area contributed by atoms with Crippen LogP contribution in [0, 0.1) is 13.8 Å². The third kappa shape index (κ3) is 3.20. The molecule has 1 heterocycles. The highest BCUT2D eigenvalue weighted by Crippen LogP contribution is 2.16. The van der Waals surface area contributed by atoms with Crippen LogP contribution in [0.1, 0.15) is 17.0 Å². The highest BCUT2D eigenvalue weighted by molar-refractivity contribution is 9.10. The number of benzene rings is 1. The first-order chi connectivity index (χ1) is 9.09. The Labute approximate surface area is 120 Å². The van der Waals surface area contributed by atoms with Gasteiger partial charge in [0.2, 0.25) is 0 Å². The normalized spacial score (nSPS) is 11.1. The van der Waals surface area contributed by atoms with Gasteiger partial charge in [0.1, 0.15) is 0 Å². The Morgan fingerprint density at radius 3 is 2.63 bits per heavy atom. The first-order valence-electron chi connectivity index (χ1n) is 6.04. The van der Waals surface area contributed by atoms with E-state index >= 15 is 0 Å². The Bertz CT molecular complexity index is 660. The fourth-order valence-corrected chi connectivity index (χ4v) is 2.15. The largest absolute Gasteiger partial charge is 0.348 e. The van der Waals surface area contributed by atoms with Crippen LogP contribution in [0.25, 0.3) is 6.08 Å². The van der Waals surface area contributed by atoms with E-state index in [1.54, 1.807) is 4.57 Å². The third-order valence-electron chi connectivity index (χ3n) is 2.93. The molecule has 0 spiro atoms. The van der Waals surface area contributed by atoms with Gasteiger partial charge in [0.15, 0.2) is 0 Å². The summed E-state index contributed by atoms with van der Waals surface area (Å²) in [5.41, 5.74) is 2.53. The summed E-state index contributed by atoms with van der Waals surface area (Å²) in [6.45, 7) is 4.25. The minimum absolute atomic E-state index is 0.212. The van der Waals surface area contributed by atoms with E-state index in [4.69, 9.17) is 0 Å². The zero-order chi connectivity index (χ0) is 13.8. The van der Waals surface area contributed by atoms with Gasteiger partial charge < -0.3 is 0 Å². The van der Waals surface area contributed by atoms with Crippen molar-refractivity contribution in [3.05, 3.63) is 68.3 Å². The molecule has 0 saturated carbocycles. The number of allylic oxidation sites excluding steroid dienone is 1. The number of rotatable bonds is 3. The Morgan fingerprint density at radius 2 is 1.95 bits per heavy atom. The minimum Gasteiger partial charge on any atom is -0.292 e. The average Bonchev–Trinajstić information content (AvgIpc) is 2.41. The van der Waals surface area contributed by atoms with Crippen LogP contribution < -0.4 is 5.69 Å². The Hall–Kier alpha value is -1.68. The van der Waals surface area contributed by atoms with E-state index in [2.05, 4.69) is 20.9 Å². The van der Waals surface area contributed by atoms with Crippen molar-refractivity contribution >= 4 is 22.0 Å². The van der Waals surface area contributed by atoms with Gasteiger partial charge in [0.05, 0.1) is 10.2 Å². The van der Waals surface area contributed by atoms with Gasteiger partial charge in [0, 0.05) is 12.2 Å². The maximum Gasteiger partial charge on any atom is 0.348 e. The minimum atomic E-state index is -0.212. The summed E-state index contributed by atoms with van der Waals surface area (Å²) in [6, 6.07) is 10.0. The summed E-state index contributed by atoms with van der Waals surface area (Å²) in [4.78, 5) is 15.8. The number of halogens is 1. The predicted octanol–water partition coefficient (Wildman–Crippen LogP) is 3.34. The second-order valence-electron chi connectivity index (χ2n) is 4.30. The van der Waals surface area contributed by atoms with Gasteiger partial charge in [-0.3, -0.25) is 4.57 Å². The van der Waals surface area contributed by atoms with Gasteiger partial charge in [-0.1, -0.05) is 42.5 Å². The van der Waals surface area contributed by atoms with Crippen LogP contribution in [0.15, 0.2) is 45.7 Å². The molecule has 3 nitrogen and oxygen atoms in total. The van der Waals surface area contributed by atoms with Crippen LogP contribution in [0.5, 0.6) is 0 Å². The van der Waals surface area contributed by atoms with Crippen molar-refractivity contribution in [1.29, 1.82) is 0 Å². The van der Waals surface area contributed by atoms with E-state index in [1.807, 2.05) is 56.3 Å². The lowest BCUT2D eigenvalue weighted by Gasteiger charge is -2.09. The van der Waals surface area contributed by atoms with Crippen LogP contribution >= 0.6 is 15.9 Å². The number of aryl methyl sites for hydroxylation is 1. The number of hydrogen-bond acceptors (Lipinski definition) is 2. The monoisotopic (exact) mass is 318 g/mol. The quantitative estimate of drug-likeness (QED) is 0.870. The molecule has 0 atom stereocenters. The highest BCUT2D eigenvalue weighted by atomic mass is 79.9. The molecule has 0 aliphatic heterocycles. The van der Waals surface area contributed by atoms with E-state index in [9.17, 15) is 4.79 Å². The summed E-state index contributed by atoms with van der Waals surface area (Å²) in [5, 5.41) is 0. The van der Waals surface area contributed by atoms with Gasteiger partial charge in [0.25, 0.3) is 0 Å². The first-order valence-corrected chi connectivity index (χ1v) is 6.84. The van der Waals surface area contributed by atoms with Gasteiger partial charge in [-0.05, 0) is 35.3 Å². The summed E-state index contributed by atoms with van der Waals surface area (Å²) in [7, 11) is 0. The summed E-state index contributed by atoms with van der Waals surface area (Å²) < 4.78 is 2.54. The molecule has 0 unspecified atom stereocenters. The Morgan fingerprint density at radius 1 is 1.26 bits per heavy atom. The summed E-state index contributed by atoms with van der Waals surface area (Å²) in [5.74, 6) is 0. The van der Waals surface area contributed by atoms with Gasteiger partial charge in [-0.15, -0.1) is 0 Å². The molecule has 0 N–H and O–H groups in total. The van der Waals surface area contributed by atoms with Crippen molar-refractivity contribution in [3.63, 3.8) is 0 Å². The molecule has 2 aromatic rings. The van der Waals surface area contributed by atoms with E-state index in [0.29, 0.717) is 6.54 Å². The molecule has 98 valence electrons. The maximum absolute atomic E-state index is 11.9. The van der Waals surface area contributed by atoms with Gasteiger partial charge in [-0.25, -0.2) is 4.79 Å². The molecule has 1 aromatic heterocycles. The molecule has 2 rings (SSSR count). The molecule has 0 bridgehead atoms. The number of hydrogen-bond donors (Lipinski definition) is 0. The smallest absolute Gasteiger partial charge is 0.292 e. The predicted molar refractivity (Wildman–Crippen MR) is 81.1 cm³/mol. The molecule has 4 heteroatoms. The molecular weight excluding hydrogens is 304 g/mol. The van der Waals surface area contributed by atoms with Crippen LogP contribution in [-0.2, 0) is 6.54 Å². The lowest BCUT2D eigenvalue weighted by atomic mass is 10.2. The summed E-state index contributed by atoms with van der Waals surface area (Å²) >= 11 is 3.45. The summed E-state index contributed by atoms with van der Waals surface area (Å²) in [6.07, 6.45) is 3.97. The lowest BCUT2D eigenvalue weighted by Crippen LogP contribution is -2.25. The van der Waals surface area contributed by atoms with Crippen molar-refractivity contribution in [2.45, 2.75) is 20.4 Å². The third-order valence-corrected chi connectivity index (χ3v) is 4.08. The molecule has 0 saturated heterocycles. The molecule has 0 fully saturated rings. The number of aromatic nitrogens is 2. The standard InChI is InChI=1S/C15H15BrN2O/c1-11-14(16)12(2)18(15(19)17-11)10-6-9-13-7-4-3-5-8-13/h3-9H,10H2,1-2H3/b9-6+. The van der Waals surface area contributed by atoms with Crippen LogP contribution in [-0.4, -0.2) is 9.55 Å². The van der Waals surface area contributed by atoms with E-state index in [1.165, 1.54) is 0 Å². The second kappa shape index (κ2) is 5.97. The van der Waals surface area contributed by atoms with Crippen LogP contribution in [0.2, 0.25) is 0 Å². The topological polar surface area (TPSA) is 34.9 Å². The molecule has 0 amide bonds. The Kier molecular flexibility index (Phi) is 4.32. The molecule has 0 radical (unpaired) electrons. The molecule has 19 heavy (non-hydrogen) atoms. The fourth-order valence-electron chi connectivity index (χ4n) is 1.85.